The van der Waals surface area contributed by atoms with Crippen molar-refractivity contribution in [2.45, 2.75) is 0 Å². The van der Waals surface area contributed by atoms with E-state index in [0.717, 1.165) is 16.8 Å². The van der Waals surface area contributed by atoms with Crippen LogP contribution >= 0.6 is 0 Å². The molecule has 4 aromatic rings. The second kappa shape index (κ2) is 7.66. The molecule has 0 radical (unpaired) electrons. The first-order chi connectivity index (χ1) is 13.3. The van der Waals surface area contributed by atoms with Crippen molar-refractivity contribution in [2.75, 3.05) is 5.43 Å². The van der Waals surface area contributed by atoms with Gasteiger partial charge in [-0.15, -0.1) is 0 Å². The van der Waals surface area contributed by atoms with Gasteiger partial charge in [0.05, 0.1) is 23.2 Å². The number of nitrogens with one attached hydrogen (secondary N) is 1. The second-order valence-corrected chi connectivity index (χ2v) is 5.83. The molecule has 0 aliphatic carbocycles. The molecule has 3 aromatic carbocycles. The Morgan fingerprint density at radius 2 is 1.52 bits per heavy atom. The van der Waals surface area contributed by atoms with Crippen LogP contribution in [-0.4, -0.2) is 10.7 Å². The molecule has 4 nitrogen and oxygen atoms in total. The Morgan fingerprint density at radius 1 is 0.852 bits per heavy atom. The molecule has 0 spiro atoms. The predicted molar refractivity (Wildman–Crippen MR) is 104 cm³/mol. The molecule has 0 amide bonds. The quantitative estimate of drug-likeness (QED) is 0.387. The molecular formula is C22H16FN3O. The minimum absolute atomic E-state index is 0.291. The zero-order valence-corrected chi connectivity index (χ0v) is 14.3. The molecule has 0 fully saturated rings. The number of anilines is 1. The Hall–Kier alpha value is -3.73. The van der Waals surface area contributed by atoms with Gasteiger partial charge < -0.3 is 4.42 Å². The van der Waals surface area contributed by atoms with E-state index >= 15 is 0 Å². The standard InChI is InChI=1S/C22H16FN3O/c23-18-12-7-13-19(21(18)20-14-24-15-27-20)25-26-22(16-8-3-1-4-9-16)17-10-5-2-6-11-17/h1-15,25H. The van der Waals surface area contributed by atoms with Crippen LogP contribution in [0.3, 0.4) is 0 Å². The first kappa shape index (κ1) is 16.7. The number of rotatable bonds is 5. The van der Waals surface area contributed by atoms with Gasteiger partial charge in [-0.2, -0.15) is 5.10 Å². The highest BCUT2D eigenvalue weighted by molar-refractivity contribution is 6.13. The van der Waals surface area contributed by atoms with Gasteiger partial charge in [-0.25, -0.2) is 9.37 Å². The van der Waals surface area contributed by atoms with E-state index in [2.05, 4.69) is 15.5 Å². The first-order valence-electron chi connectivity index (χ1n) is 8.45. The highest BCUT2D eigenvalue weighted by atomic mass is 19.1. The van der Waals surface area contributed by atoms with Crippen molar-refractivity contribution in [3.63, 3.8) is 0 Å². The summed E-state index contributed by atoms with van der Waals surface area (Å²) in [5, 5.41) is 4.58. The van der Waals surface area contributed by atoms with Gasteiger partial charge in [-0.3, -0.25) is 5.43 Å². The fourth-order valence-electron chi connectivity index (χ4n) is 2.81. The van der Waals surface area contributed by atoms with E-state index in [0.29, 0.717) is 17.0 Å². The average molecular weight is 357 g/mol. The van der Waals surface area contributed by atoms with Crippen molar-refractivity contribution < 1.29 is 8.81 Å². The SMILES string of the molecule is Fc1cccc(NN=C(c2ccccc2)c2ccccc2)c1-c1cnco1. The van der Waals surface area contributed by atoms with Crippen molar-refractivity contribution in [3.05, 3.63) is 108 Å². The molecule has 0 saturated carbocycles. The number of aromatic nitrogens is 1. The molecule has 0 atom stereocenters. The Kier molecular flexibility index (Phi) is 4.74. The summed E-state index contributed by atoms with van der Waals surface area (Å²) in [6.07, 6.45) is 2.75. The maximum atomic E-state index is 14.4. The van der Waals surface area contributed by atoms with Crippen LogP contribution in [-0.2, 0) is 0 Å². The highest BCUT2D eigenvalue weighted by Gasteiger charge is 2.14. The Bertz CT molecular complexity index is 1000. The minimum Gasteiger partial charge on any atom is -0.443 e. The summed E-state index contributed by atoms with van der Waals surface area (Å²) >= 11 is 0. The van der Waals surface area contributed by atoms with E-state index in [4.69, 9.17) is 4.42 Å². The van der Waals surface area contributed by atoms with Crippen LogP contribution < -0.4 is 5.43 Å². The Morgan fingerprint density at radius 3 is 2.11 bits per heavy atom. The van der Waals surface area contributed by atoms with Gasteiger partial charge in [0.25, 0.3) is 0 Å². The first-order valence-corrected chi connectivity index (χ1v) is 8.45. The molecule has 0 aliphatic rings. The lowest BCUT2D eigenvalue weighted by Crippen LogP contribution is -2.07. The summed E-state index contributed by atoms with van der Waals surface area (Å²) in [6.45, 7) is 0. The summed E-state index contributed by atoms with van der Waals surface area (Å²) in [5.41, 5.74) is 6.45. The number of oxazole rings is 1. The Labute approximate surface area is 156 Å². The molecule has 4 rings (SSSR count). The molecule has 27 heavy (non-hydrogen) atoms. The van der Waals surface area contributed by atoms with Gasteiger partial charge in [-0.1, -0.05) is 66.7 Å². The third kappa shape index (κ3) is 3.62. The van der Waals surface area contributed by atoms with Crippen LogP contribution in [0.15, 0.2) is 101 Å². The van der Waals surface area contributed by atoms with Crippen molar-refractivity contribution in [3.8, 4) is 11.3 Å². The molecule has 0 unspecified atom stereocenters. The van der Waals surface area contributed by atoms with Crippen LogP contribution in [0.1, 0.15) is 11.1 Å². The lowest BCUT2D eigenvalue weighted by atomic mass is 10.0. The molecule has 1 heterocycles. The zero-order chi connectivity index (χ0) is 18.5. The van der Waals surface area contributed by atoms with Crippen LogP contribution in [0.4, 0.5) is 10.1 Å². The molecule has 0 saturated heterocycles. The van der Waals surface area contributed by atoms with E-state index in [1.165, 1.54) is 18.7 Å². The predicted octanol–water partition coefficient (Wildman–Crippen LogP) is 5.35. The van der Waals surface area contributed by atoms with E-state index in [9.17, 15) is 4.39 Å². The second-order valence-electron chi connectivity index (χ2n) is 5.83. The van der Waals surface area contributed by atoms with Gasteiger partial charge in [0, 0.05) is 11.1 Å². The number of hydrogen-bond donors (Lipinski definition) is 1. The third-order valence-corrected chi connectivity index (χ3v) is 4.07. The molecule has 0 aliphatic heterocycles. The van der Waals surface area contributed by atoms with Crippen molar-refractivity contribution >= 4 is 11.4 Å². The van der Waals surface area contributed by atoms with Gasteiger partial charge in [0.2, 0.25) is 0 Å². The smallest absolute Gasteiger partial charge is 0.181 e. The largest absolute Gasteiger partial charge is 0.443 e. The van der Waals surface area contributed by atoms with Crippen LogP contribution in [0, 0.1) is 5.82 Å². The molecule has 5 heteroatoms. The van der Waals surface area contributed by atoms with E-state index in [1.807, 2.05) is 60.7 Å². The van der Waals surface area contributed by atoms with Gasteiger partial charge >= 0.3 is 0 Å². The molecule has 132 valence electrons. The fourth-order valence-corrected chi connectivity index (χ4v) is 2.81. The maximum Gasteiger partial charge on any atom is 0.181 e. The number of halogens is 1. The van der Waals surface area contributed by atoms with Gasteiger partial charge in [-0.05, 0) is 12.1 Å². The van der Waals surface area contributed by atoms with Crippen LogP contribution in [0.5, 0.6) is 0 Å². The van der Waals surface area contributed by atoms with Gasteiger partial charge in [0.15, 0.2) is 12.2 Å². The average Bonchev–Trinajstić information content (AvgIpc) is 3.24. The highest BCUT2D eigenvalue weighted by Crippen LogP contribution is 2.30. The zero-order valence-electron chi connectivity index (χ0n) is 14.3. The number of hydrogen-bond acceptors (Lipinski definition) is 4. The summed E-state index contributed by atoms with van der Waals surface area (Å²) < 4.78 is 19.7. The van der Waals surface area contributed by atoms with Gasteiger partial charge in [0.1, 0.15) is 5.82 Å². The van der Waals surface area contributed by atoms with Crippen LogP contribution in [0.25, 0.3) is 11.3 Å². The third-order valence-electron chi connectivity index (χ3n) is 4.07. The molecular weight excluding hydrogens is 341 g/mol. The number of hydrazone groups is 1. The summed E-state index contributed by atoms with van der Waals surface area (Å²) in [6, 6.07) is 24.4. The minimum atomic E-state index is -0.409. The van der Waals surface area contributed by atoms with E-state index in [-0.39, 0.29) is 0 Å². The van der Waals surface area contributed by atoms with E-state index in [1.54, 1.807) is 12.1 Å². The lowest BCUT2D eigenvalue weighted by molar-refractivity contribution is 0.562. The number of benzene rings is 3. The lowest BCUT2D eigenvalue weighted by Gasteiger charge is -2.11. The molecule has 1 aromatic heterocycles. The van der Waals surface area contributed by atoms with E-state index < -0.39 is 5.82 Å². The molecule has 0 bridgehead atoms. The summed E-state index contributed by atoms with van der Waals surface area (Å²) in [4.78, 5) is 3.87. The van der Waals surface area contributed by atoms with Crippen molar-refractivity contribution in [1.29, 1.82) is 0 Å². The molecule has 1 N–H and O–H groups in total. The number of nitrogens with zero attached hydrogens (tertiary/aromatic N) is 2. The fraction of sp³-hybridized carbons (Fsp3) is 0. The summed E-state index contributed by atoms with van der Waals surface area (Å²) in [7, 11) is 0. The topological polar surface area (TPSA) is 50.4 Å². The van der Waals surface area contributed by atoms with Crippen molar-refractivity contribution in [1.82, 2.24) is 4.98 Å². The Balaban J connectivity index is 1.77. The maximum absolute atomic E-state index is 14.4. The monoisotopic (exact) mass is 357 g/mol. The van der Waals surface area contributed by atoms with Crippen LogP contribution in [0.2, 0.25) is 0 Å². The normalized spacial score (nSPS) is 10.4. The summed E-state index contributed by atoms with van der Waals surface area (Å²) in [5.74, 6) is -0.0697. The van der Waals surface area contributed by atoms with Crippen molar-refractivity contribution in [2.24, 2.45) is 5.10 Å².